The molecule has 2 atom stereocenters. The summed E-state index contributed by atoms with van der Waals surface area (Å²) in [6.07, 6.45) is 5.74. The summed E-state index contributed by atoms with van der Waals surface area (Å²) in [5.41, 5.74) is 2.65. The Morgan fingerprint density at radius 1 is 1.31 bits per heavy atom. The molecule has 7 nitrogen and oxygen atoms in total. The molecule has 0 aromatic heterocycles. The van der Waals surface area contributed by atoms with E-state index in [0.29, 0.717) is 25.1 Å². The molecule has 29 heavy (non-hydrogen) atoms. The number of amides is 3. The van der Waals surface area contributed by atoms with Gasteiger partial charge in [-0.25, -0.2) is 0 Å². The fourth-order valence-corrected chi connectivity index (χ4v) is 4.64. The highest BCUT2D eigenvalue weighted by atomic mass is 16.2. The molecular formula is C22H28N4O3. The van der Waals surface area contributed by atoms with Gasteiger partial charge in [0.1, 0.15) is 6.04 Å². The third kappa shape index (κ3) is 3.97. The largest absolute Gasteiger partial charge is 0.322 e. The van der Waals surface area contributed by atoms with Crippen molar-refractivity contribution in [3.8, 4) is 0 Å². The highest BCUT2D eigenvalue weighted by Gasteiger charge is 2.39. The molecule has 3 aliphatic heterocycles. The van der Waals surface area contributed by atoms with E-state index in [9.17, 15) is 14.4 Å². The van der Waals surface area contributed by atoms with Crippen LogP contribution in [0.15, 0.2) is 30.9 Å². The Hall–Kier alpha value is -2.51. The molecular weight excluding hydrogens is 368 g/mol. The molecule has 0 saturated carbocycles. The highest BCUT2D eigenvalue weighted by molar-refractivity contribution is 6.05. The lowest BCUT2D eigenvalue weighted by molar-refractivity contribution is -0.136. The summed E-state index contributed by atoms with van der Waals surface area (Å²) in [5, 5.41) is 9.49. The van der Waals surface area contributed by atoms with Gasteiger partial charge in [-0.1, -0.05) is 18.2 Å². The summed E-state index contributed by atoms with van der Waals surface area (Å²) in [6, 6.07) is 5.40. The first-order chi connectivity index (χ1) is 14.0. The Balaban J connectivity index is 1.46. The standard InChI is InChI=1S/C22H28N4O3/c1-2-8-22(9-3-10-23-14-22)24-12-15-4-5-16-13-26(21(29)17(16)11-15)18-6-7-19(27)25-20(18)28/h2,4-5,11,18,23-24H,1,3,6-10,12-14H2,(H,25,27,28). The van der Waals surface area contributed by atoms with E-state index in [1.165, 1.54) is 0 Å². The van der Waals surface area contributed by atoms with Crippen LogP contribution in [0.25, 0.3) is 0 Å². The van der Waals surface area contributed by atoms with Gasteiger partial charge >= 0.3 is 0 Å². The van der Waals surface area contributed by atoms with Crippen molar-refractivity contribution in [1.82, 2.24) is 20.9 Å². The van der Waals surface area contributed by atoms with Gasteiger partial charge in [-0.05, 0) is 49.4 Å². The zero-order chi connectivity index (χ0) is 20.4. The lowest BCUT2D eigenvalue weighted by Crippen LogP contribution is -2.55. The van der Waals surface area contributed by atoms with Gasteiger partial charge in [0.2, 0.25) is 11.8 Å². The molecule has 3 aliphatic rings. The Morgan fingerprint density at radius 3 is 2.90 bits per heavy atom. The average molecular weight is 396 g/mol. The molecule has 2 saturated heterocycles. The summed E-state index contributed by atoms with van der Waals surface area (Å²) in [5.74, 6) is -0.772. The molecule has 1 aromatic rings. The van der Waals surface area contributed by atoms with Gasteiger partial charge in [0.15, 0.2) is 0 Å². The number of nitrogens with zero attached hydrogens (tertiary/aromatic N) is 1. The number of rotatable bonds is 6. The average Bonchev–Trinajstić information content (AvgIpc) is 3.03. The Labute approximate surface area is 170 Å². The molecule has 0 aliphatic carbocycles. The van der Waals surface area contributed by atoms with E-state index in [0.717, 1.165) is 43.5 Å². The molecule has 3 heterocycles. The molecule has 3 N–H and O–H groups in total. The zero-order valence-electron chi connectivity index (χ0n) is 16.6. The quantitative estimate of drug-likeness (QED) is 0.497. The van der Waals surface area contributed by atoms with Crippen LogP contribution in [0.2, 0.25) is 0 Å². The van der Waals surface area contributed by atoms with Crippen molar-refractivity contribution < 1.29 is 14.4 Å². The van der Waals surface area contributed by atoms with Gasteiger partial charge < -0.3 is 15.5 Å². The topological polar surface area (TPSA) is 90.5 Å². The molecule has 2 unspecified atom stereocenters. The maximum absolute atomic E-state index is 13.0. The van der Waals surface area contributed by atoms with Crippen molar-refractivity contribution in [2.75, 3.05) is 13.1 Å². The number of hydrogen-bond donors (Lipinski definition) is 3. The SMILES string of the molecule is C=CCC1(NCc2ccc3c(c2)C(=O)N(C2CCC(=O)NC2=O)C3)CCCNC1. The molecule has 154 valence electrons. The second-order valence-corrected chi connectivity index (χ2v) is 8.30. The molecule has 0 radical (unpaired) electrons. The first-order valence-corrected chi connectivity index (χ1v) is 10.3. The van der Waals surface area contributed by atoms with E-state index in [2.05, 4.69) is 22.5 Å². The fraction of sp³-hybridized carbons (Fsp3) is 0.500. The third-order valence-electron chi connectivity index (χ3n) is 6.27. The summed E-state index contributed by atoms with van der Waals surface area (Å²) >= 11 is 0. The lowest BCUT2D eigenvalue weighted by atomic mass is 9.86. The van der Waals surface area contributed by atoms with Gasteiger partial charge in [-0.3, -0.25) is 19.7 Å². The summed E-state index contributed by atoms with van der Waals surface area (Å²) in [7, 11) is 0. The van der Waals surface area contributed by atoms with Crippen molar-refractivity contribution in [1.29, 1.82) is 0 Å². The number of imide groups is 1. The zero-order valence-corrected chi connectivity index (χ0v) is 16.6. The van der Waals surface area contributed by atoms with Crippen molar-refractivity contribution in [2.24, 2.45) is 0 Å². The Kier molecular flexibility index (Phi) is 5.52. The summed E-state index contributed by atoms with van der Waals surface area (Å²) < 4.78 is 0. The molecule has 7 heteroatoms. The van der Waals surface area contributed by atoms with Crippen molar-refractivity contribution in [3.05, 3.63) is 47.5 Å². The van der Waals surface area contributed by atoms with Gasteiger partial charge in [-0.15, -0.1) is 6.58 Å². The van der Waals surface area contributed by atoms with Crippen LogP contribution < -0.4 is 16.0 Å². The van der Waals surface area contributed by atoms with Crippen LogP contribution in [0.3, 0.4) is 0 Å². The number of carbonyl (C=O) groups excluding carboxylic acids is 3. The van der Waals surface area contributed by atoms with Gasteiger partial charge in [0.05, 0.1) is 0 Å². The Morgan fingerprint density at radius 2 is 2.17 bits per heavy atom. The van der Waals surface area contributed by atoms with Crippen LogP contribution in [0.1, 0.15) is 53.6 Å². The number of hydrogen-bond acceptors (Lipinski definition) is 5. The minimum absolute atomic E-state index is 0.00177. The second-order valence-electron chi connectivity index (χ2n) is 8.30. The van der Waals surface area contributed by atoms with Crippen LogP contribution in [-0.2, 0) is 22.7 Å². The van der Waals surface area contributed by atoms with Crippen molar-refractivity contribution >= 4 is 17.7 Å². The minimum Gasteiger partial charge on any atom is -0.322 e. The van der Waals surface area contributed by atoms with E-state index in [1.54, 1.807) is 4.90 Å². The first-order valence-electron chi connectivity index (χ1n) is 10.3. The molecule has 0 spiro atoms. The maximum atomic E-state index is 13.0. The van der Waals surface area contributed by atoms with Crippen LogP contribution in [0.5, 0.6) is 0 Å². The Bertz CT molecular complexity index is 844. The molecule has 0 bridgehead atoms. The monoisotopic (exact) mass is 396 g/mol. The third-order valence-corrected chi connectivity index (χ3v) is 6.27. The predicted octanol–water partition coefficient (Wildman–Crippen LogP) is 1.24. The normalized spacial score (nSPS) is 27.0. The van der Waals surface area contributed by atoms with Crippen LogP contribution in [0, 0.1) is 0 Å². The maximum Gasteiger partial charge on any atom is 0.255 e. The van der Waals surface area contributed by atoms with Gasteiger partial charge in [0.25, 0.3) is 5.91 Å². The lowest BCUT2D eigenvalue weighted by Gasteiger charge is -2.38. The summed E-state index contributed by atoms with van der Waals surface area (Å²) in [6.45, 7) is 6.95. The van der Waals surface area contributed by atoms with Crippen LogP contribution in [0.4, 0.5) is 0 Å². The van der Waals surface area contributed by atoms with E-state index >= 15 is 0 Å². The van der Waals surface area contributed by atoms with Gasteiger partial charge in [-0.2, -0.15) is 0 Å². The van der Waals surface area contributed by atoms with Crippen LogP contribution >= 0.6 is 0 Å². The van der Waals surface area contributed by atoms with E-state index < -0.39 is 6.04 Å². The highest BCUT2D eigenvalue weighted by Crippen LogP contribution is 2.29. The number of carbonyl (C=O) groups is 3. The smallest absolute Gasteiger partial charge is 0.255 e. The minimum atomic E-state index is -0.571. The number of piperidine rings is 2. The molecule has 2 fully saturated rings. The van der Waals surface area contributed by atoms with Crippen molar-refractivity contribution in [3.63, 3.8) is 0 Å². The number of nitrogens with one attached hydrogen (secondary N) is 3. The fourth-order valence-electron chi connectivity index (χ4n) is 4.64. The molecule has 3 amide bonds. The van der Waals surface area contributed by atoms with E-state index in [-0.39, 0.29) is 29.7 Å². The predicted molar refractivity (Wildman–Crippen MR) is 109 cm³/mol. The number of fused-ring (bicyclic) bond motifs is 1. The summed E-state index contributed by atoms with van der Waals surface area (Å²) in [4.78, 5) is 38.1. The molecule has 1 aromatic carbocycles. The van der Waals surface area contributed by atoms with Gasteiger partial charge in [0, 0.05) is 37.2 Å². The second kappa shape index (κ2) is 8.08. The van der Waals surface area contributed by atoms with E-state index in [1.807, 2.05) is 24.3 Å². The number of benzene rings is 1. The van der Waals surface area contributed by atoms with Crippen molar-refractivity contribution in [2.45, 2.75) is 56.8 Å². The van der Waals surface area contributed by atoms with Crippen LogP contribution in [-0.4, -0.2) is 47.3 Å². The van der Waals surface area contributed by atoms with E-state index in [4.69, 9.17) is 0 Å². The molecule has 4 rings (SSSR count). The first kappa shape index (κ1) is 19.8.